The van der Waals surface area contributed by atoms with Crippen LogP contribution >= 0.6 is 0 Å². The van der Waals surface area contributed by atoms with Crippen LogP contribution < -0.4 is 10.5 Å². The first-order chi connectivity index (χ1) is 8.22. The van der Waals surface area contributed by atoms with Gasteiger partial charge in [-0.15, -0.1) is 0 Å². The third-order valence-corrected chi connectivity index (χ3v) is 2.73. The third-order valence-electron chi connectivity index (χ3n) is 2.73. The van der Waals surface area contributed by atoms with Crippen LogP contribution in [-0.2, 0) is 11.2 Å². The van der Waals surface area contributed by atoms with Crippen LogP contribution in [0.2, 0.25) is 0 Å². The number of methoxy groups -OCH3 is 1. The molecule has 0 unspecified atom stereocenters. The average molecular weight is 230 g/mol. The van der Waals surface area contributed by atoms with Crippen molar-refractivity contribution in [3.63, 3.8) is 0 Å². The van der Waals surface area contributed by atoms with Gasteiger partial charge in [-0.1, -0.05) is 6.07 Å². The number of amides is 1. The first-order valence-corrected chi connectivity index (χ1v) is 5.40. The number of carbonyl (C=O) groups excluding carboxylic acids is 1. The summed E-state index contributed by atoms with van der Waals surface area (Å²) in [5, 5.41) is 2.09. The molecule has 0 radical (unpaired) electrons. The molecule has 0 atom stereocenters. The van der Waals surface area contributed by atoms with Gasteiger partial charge in [0, 0.05) is 29.8 Å². The summed E-state index contributed by atoms with van der Waals surface area (Å²) in [4.78, 5) is 15.0. The fraction of sp³-hybridized carbons (Fsp3) is 0.231. The largest absolute Gasteiger partial charge is 0.496 e. The minimum Gasteiger partial charge on any atom is -0.496 e. The fourth-order valence-corrected chi connectivity index (χ4v) is 1.90. The highest BCUT2D eigenvalue weighted by Gasteiger charge is 2.09. The van der Waals surface area contributed by atoms with Crippen LogP contribution in [-0.4, -0.2) is 18.0 Å². The highest BCUT2D eigenvalue weighted by atomic mass is 16.5. The van der Waals surface area contributed by atoms with Crippen molar-refractivity contribution in [1.82, 2.24) is 4.98 Å². The van der Waals surface area contributed by atoms with Gasteiger partial charge in [0.2, 0.25) is 5.91 Å². The van der Waals surface area contributed by atoms with Gasteiger partial charge in [0.05, 0.1) is 7.11 Å². The number of ether oxygens (including phenoxy) is 1. The quantitative estimate of drug-likeness (QED) is 0.868. The topological polar surface area (TPSA) is 65.2 Å². The lowest BCUT2D eigenvalue weighted by atomic mass is 10.0. The second kappa shape index (κ2) is 4.82. The van der Waals surface area contributed by atoms with E-state index in [1.165, 1.54) is 0 Å². The second-order valence-electron chi connectivity index (χ2n) is 3.81. The molecule has 0 saturated heterocycles. The molecule has 0 fully saturated rings. The molecule has 4 nitrogen and oxygen atoms in total. The van der Waals surface area contributed by atoms with Gasteiger partial charge in [0.25, 0.3) is 0 Å². The number of nitrogens with zero attached hydrogens (tertiary/aromatic N) is 1. The number of hydrogen-bond acceptors (Lipinski definition) is 3. The lowest BCUT2D eigenvalue weighted by Crippen LogP contribution is -2.11. The molecular weight excluding hydrogens is 216 g/mol. The first-order valence-electron chi connectivity index (χ1n) is 5.40. The lowest BCUT2D eigenvalue weighted by Gasteiger charge is -2.10. The summed E-state index contributed by atoms with van der Waals surface area (Å²) in [6, 6.07) is 5.81. The van der Waals surface area contributed by atoms with Crippen molar-refractivity contribution in [3.8, 4) is 5.75 Å². The Kier molecular flexibility index (Phi) is 3.23. The van der Waals surface area contributed by atoms with E-state index in [0.717, 1.165) is 22.1 Å². The molecule has 1 aromatic heterocycles. The van der Waals surface area contributed by atoms with E-state index in [1.807, 2.05) is 18.2 Å². The van der Waals surface area contributed by atoms with E-state index in [9.17, 15) is 4.79 Å². The van der Waals surface area contributed by atoms with Crippen molar-refractivity contribution in [2.75, 3.05) is 7.11 Å². The van der Waals surface area contributed by atoms with Gasteiger partial charge in [-0.2, -0.15) is 0 Å². The first kappa shape index (κ1) is 11.4. The number of rotatable bonds is 4. The molecule has 1 heterocycles. The Morgan fingerprint density at radius 1 is 1.41 bits per heavy atom. The molecule has 17 heavy (non-hydrogen) atoms. The summed E-state index contributed by atoms with van der Waals surface area (Å²) < 4.78 is 5.31. The smallest absolute Gasteiger partial charge is 0.217 e. The van der Waals surface area contributed by atoms with Gasteiger partial charge in [-0.25, -0.2) is 0 Å². The molecule has 0 bridgehead atoms. The van der Waals surface area contributed by atoms with Gasteiger partial charge < -0.3 is 10.5 Å². The van der Waals surface area contributed by atoms with E-state index in [2.05, 4.69) is 4.98 Å². The third kappa shape index (κ3) is 2.36. The van der Waals surface area contributed by atoms with Gasteiger partial charge in [-0.3, -0.25) is 9.78 Å². The summed E-state index contributed by atoms with van der Waals surface area (Å²) in [6.45, 7) is 0. The normalized spacial score (nSPS) is 10.4. The minimum atomic E-state index is -0.312. The van der Waals surface area contributed by atoms with Crippen LogP contribution in [0.5, 0.6) is 5.75 Å². The number of nitrogens with two attached hydrogens (primary N) is 1. The van der Waals surface area contributed by atoms with E-state index in [1.54, 1.807) is 19.5 Å². The van der Waals surface area contributed by atoms with E-state index in [-0.39, 0.29) is 5.91 Å². The van der Waals surface area contributed by atoms with Crippen LogP contribution in [0.1, 0.15) is 12.0 Å². The number of hydrogen-bond donors (Lipinski definition) is 1. The van der Waals surface area contributed by atoms with Crippen LogP contribution in [0.15, 0.2) is 30.6 Å². The van der Waals surface area contributed by atoms with Gasteiger partial charge >= 0.3 is 0 Å². The van der Waals surface area contributed by atoms with E-state index in [0.29, 0.717) is 12.8 Å². The number of aryl methyl sites for hydroxylation is 1. The van der Waals surface area contributed by atoms with Crippen molar-refractivity contribution in [1.29, 1.82) is 0 Å². The molecule has 0 aliphatic heterocycles. The van der Waals surface area contributed by atoms with E-state index in [4.69, 9.17) is 10.5 Å². The maximum Gasteiger partial charge on any atom is 0.217 e. The van der Waals surface area contributed by atoms with Gasteiger partial charge in [0.15, 0.2) is 0 Å². The SMILES string of the molecule is COc1ccc2ccncc2c1CCC(N)=O. The summed E-state index contributed by atoms with van der Waals surface area (Å²) in [5.41, 5.74) is 6.16. The highest BCUT2D eigenvalue weighted by molar-refractivity contribution is 5.87. The Labute approximate surface area is 99.4 Å². The fourth-order valence-electron chi connectivity index (χ4n) is 1.90. The number of pyridine rings is 1. The molecule has 2 rings (SSSR count). The number of aromatic nitrogens is 1. The molecule has 0 aliphatic rings. The molecule has 1 aromatic carbocycles. The zero-order valence-corrected chi connectivity index (χ0v) is 9.64. The second-order valence-corrected chi connectivity index (χ2v) is 3.81. The molecular formula is C13H14N2O2. The monoisotopic (exact) mass is 230 g/mol. The number of primary amides is 1. The van der Waals surface area contributed by atoms with Gasteiger partial charge in [-0.05, 0) is 23.9 Å². The van der Waals surface area contributed by atoms with Crippen LogP contribution in [0.4, 0.5) is 0 Å². The minimum absolute atomic E-state index is 0.310. The zero-order chi connectivity index (χ0) is 12.3. The lowest BCUT2D eigenvalue weighted by molar-refractivity contribution is -0.117. The summed E-state index contributed by atoms with van der Waals surface area (Å²) in [5.74, 6) is 0.458. The maximum atomic E-state index is 10.9. The standard InChI is InChI=1S/C13H14N2O2/c1-17-12-4-2-9-6-7-15-8-11(9)10(12)3-5-13(14)16/h2,4,6-8H,3,5H2,1H3,(H2,14,16). The molecule has 0 spiro atoms. The maximum absolute atomic E-state index is 10.9. The van der Waals surface area contributed by atoms with Crippen molar-refractivity contribution in [2.24, 2.45) is 5.73 Å². The Morgan fingerprint density at radius 3 is 2.94 bits per heavy atom. The summed E-state index contributed by atoms with van der Waals surface area (Å²) in [7, 11) is 1.62. The number of fused-ring (bicyclic) bond motifs is 1. The summed E-state index contributed by atoms with van der Waals surface area (Å²) in [6.07, 6.45) is 4.41. The Balaban J connectivity index is 2.50. The average Bonchev–Trinajstić information content (AvgIpc) is 2.35. The van der Waals surface area contributed by atoms with Gasteiger partial charge in [0.1, 0.15) is 5.75 Å². The number of carbonyl (C=O) groups is 1. The highest BCUT2D eigenvalue weighted by Crippen LogP contribution is 2.28. The van der Waals surface area contributed by atoms with Crippen molar-refractivity contribution < 1.29 is 9.53 Å². The van der Waals surface area contributed by atoms with E-state index >= 15 is 0 Å². The zero-order valence-electron chi connectivity index (χ0n) is 9.64. The van der Waals surface area contributed by atoms with Crippen molar-refractivity contribution in [3.05, 3.63) is 36.2 Å². The molecule has 88 valence electrons. The Hall–Kier alpha value is -2.10. The predicted octanol–water partition coefficient (Wildman–Crippen LogP) is 1.66. The molecule has 0 aliphatic carbocycles. The van der Waals surface area contributed by atoms with Crippen molar-refractivity contribution >= 4 is 16.7 Å². The van der Waals surface area contributed by atoms with Crippen LogP contribution in [0, 0.1) is 0 Å². The molecule has 4 heteroatoms. The molecule has 1 amide bonds. The van der Waals surface area contributed by atoms with Crippen LogP contribution in [0.3, 0.4) is 0 Å². The van der Waals surface area contributed by atoms with E-state index < -0.39 is 0 Å². The number of benzene rings is 1. The van der Waals surface area contributed by atoms with Crippen molar-refractivity contribution in [2.45, 2.75) is 12.8 Å². The Morgan fingerprint density at radius 2 is 2.24 bits per heavy atom. The Bertz CT molecular complexity index is 552. The molecule has 2 aromatic rings. The molecule has 2 N–H and O–H groups in total. The van der Waals surface area contributed by atoms with Crippen LogP contribution in [0.25, 0.3) is 10.8 Å². The molecule has 0 saturated carbocycles. The predicted molar refractivity (Wildman–Crippen MR) is 65.8 cm³/mol. The summed E-state index contributed by atoms with van der Waals surface area (Å²) >= 11 is 0.